The Labute approximate surface area is 95.0 Å². The number of hydrogen-bond acceptors (Lipinski definition) is 3. The fourth-order valence-corrected chi connectivity index (χ4v) is 1.97. The van der Waals surface area contributed by atoms with E-state index in [4.69, 9.17) is 16.3 Å². The number of rotatable bonds is 3. The summed E-state index contributed by atoms with van der Waals surface area (Å²) in [5, 5.41) is 0.559. The fourth-order valence-electron chi connectivity index (χ4n) is 1.79. The molecule has 1 aromatic rings. The highest BCUT2D eigenvalue weighted by atomic mass is 35.5. The second-order valence-electron chi connectivity index (χ2n) is 3.88. The average molecular weight is 227 g/mol. The van der Waals surface area contributed by atoms with Crippen molar-refractivity contribution in [1.29, 1.82) is 0 Å². The first-order chi connectivity index (χ1) is 7.25. The van der Waals surface area contributed by atoms with Crippen molar-refractivity contribution in [3.8, 4) is 0 Å². The molecule has 4 heteroatoms. The molecule has 2 rings (SSSR count). The summed E-state index contributed by atoms with van der Waals surface area (Å²) in [4.78, 5) is 6.54. The van der Waals surface area contributed by atoms with Crippen molar-refractivity contribution in [2.45, 2.75) is 19.0 Å². The van der Waals surface area contributed by atoms with E-state index in [9.17, 15) is 0 Å². The largest absolute Gasteiger partial charge is 0.380 e. The third-order valence-corrected chi connectivity index (χ3v) is 2.92. The van der Waals surface area contributed by atoms with Gasteiger partial charge >= 0.3 is 0 Å². The molecule has 0 bridgehead atoms. The number of halogens is 1. The maximum atomic E-state index is 5.83. The van der Waals surface area contributed by atoms with E-state index >= 15 is 0 Å². The van der Waals surface area contributed by atoms with Crippen LogP contribution < -0.4 is 0 Å². The van der Waals surface area contributed by atoms with Crippen LogP contribution in [0, 0.1) is 0 Å². The first-order valence-electron chi connectivity index (χ1n) is 5.15. The molecular weight excluding hydrogens is 212 g/mol. The van der Waals surface area contributed by atoms with Crippen LogP contribution >= 0.6 is 11.6 Å². The predicted octanol–water partition coefficient (Wildman–Crippen LogP) is 1.96. The van der Waals surface area contributed by atoms with Crippen LogP contribution in [0.3, 0.4) is 0 Å². The highest BCUT2D eigenvalue weighted by molar-refractivity contribution is 6.29. The molecular formula is C11H15ClN2O. The Hall–Kier alpha value is -0.640. The fraction of sp³-hybridized carbons (Fsp3) is 0.545. The Morgan fingerprint density at radius 1 is 1.60 bits per heavy atom. The molecule has 3 nitrogen and oxygen atoms in total. The van der Waals surface area contributed by atoms with Crippen LogP contribution in [0.15, 0.2) is 18.2 Å². The Balaban J connectivity index is 1.95. The first kappa shape index (κ1) is 10.9. The van der Waals surface area contributed by atoms with Crippen molar-refractivity contribution in [1.82, 2.24) is 9.88 Å². The first-order valence-corrected chi connectivity index (χ1v) is 5.53. The Morgan fingerprint density at radius 3 is 3.13 bits per heavy atom. The van der Waals surface area contributed by atoms with Crippen LogP contribution in [0.5, 0.6) is 0 Å². The zero-order chi connectivity index (χ0) is 10.7. The molecule has 1 saturated heterocycles. The molecule has 0 aliphatic carbocycles. The van der Waals surface area contributed by atoms with Crippen molar-refractivity contribution in [3.63, 3.8) is 0 Å². The van der Waals surface area contributed by atoms with Crippen LogP contribution in [-0.4, -0.2) is 36.2 Å². The molecule has 82 valence electrons. The highest BCUT2D eigenvalue weighted by Crippen LogP contribution is 2.14. The number of hydrogen-bond donors (Lipinski definition) is 0. The third kappa shape index (κ3) is 2.91. The molecule has 0 amide bonds. The van der Waals surface area contributed by atoms with Gasteiger partial charge in [-0.1, -0.05) is 17.7 Å². The summed E-state index contributed by atoms with van der Waals surface area (Å²) in [7, 11) is 2.10. The van der Waals surface area contributed by atoms with Crippen molar-refractivity contribution in [2.24, 2.45) is 0 Å². The molecule has 0 N–H and O–H groups in total. The van der Waals surface area contributed by atoms with Crippen molar-refractivity contribution in [2.75, 3.05) is 20.3 Å². The van der Waals surface area contributed by atoms with Gasteiger partial charge < -0.3 is 4.74 Å². The number of ether oxygens (including phenoxy) is 1. The van der Waals surface area contributed by atoms with E-state index in [1.54, 1.807) is 6.07 Å². The predicted molar refractivity (Wildman–Crippen MR) is 59.9 cm³/mol. The van der Waals surface area contributed by atoms with Gasteiger partial charge in [-0.25, -0.2) is 4.98 Å². The standard InChI is InChI=1S/C11H15ClN2O/c1-14(10-5-6-15-8-10)7-9-3-2-4-11(12)13-9/h2-4,10H,5-8H2,1H3. The molecule has 1 fully saturated rings. The summed E-state index contributed by atoms with van der Waals surface area (Å²) >= 11 is 5.83. The summed E-state index contributed by atoms with van der Waals surface area (Å²) in [6, 6.07) is 6.25. The lowest BCUT2D eigenvalue weighted by Crippen LogP contribution is -2.31. The molecule has 2 heterocycles. The average Bonchev–Trinajstić information content (AvgIpc) is 2.70. The van der Waals surface area contributed by atoms with Gasteiger partial charge in [0, 0.05) is 19.2 Å². The van der Waals surface area contributed by atoms with Gasteiger partial charge in [-0.05, 0) is 25.6 Å². The zero-order valence-electron chi connectivity index (χ0n) is 8.82. The zero-order valence-corrected chi connectivity index (χ0v) is 9.57. The molecule has 0 saturated carbocycles. The van der Waals surface area contributed by atoms with Gasteiger partial charge in [0.2, 0.25) is 0 Å². The summed E-state index contributed by atoms with van der Waals surface area (Å²) in [5.74, 6) is 0. The van der Waals surface area contributed by atoms with Gasteiger partial charge in [-0.15, -0.1) is 0 Å². The van der Waals surface area contributed by atoms with Gasteiger partial charge in [0.25, 0.3) is 0 Å². The van der Waals surface area contributed by atoms with Gasteiger partial charge in [0.05, 0.1) is 12.3 Å². The maximum Gasteiger partial charge on any atom is 0.129 e. The minimum atomic E-state index is 0.519. The Morgan fingerprint density at radius 2 is 2.47 bits per heavy atom. The summed E-state index contributed by atoms with van der Waals surface area (Å²) < 4.78 is 5.35. The quantitative estimate of drug-likeness (QED) is 0.737. The van der Waals surface area contributed by atoms with Crippen molar-refractivity contribution >= 4 is 11.6 Å². The summed E-state index contributed by atoms with van der Waals surface area (Å²) in [6.07, 6.45) is 1.11. The molecule has 0 radical (unpaired) electrons. The summed E-state index contributed by atoms with van der Waals surface area (Å²) in [6.45, 7) is 2.53. The maximum absolute atomic E-state index is 5.83. The number of aromatic nitrogens is 1. The monoisotopic (exact) mass is 226 g/mol. The smallest absolute Gasteiger partial charge is 0.129 e. The van der Waals surface area contributed by atoms with Crippen LogP contribution in [0.2, 0.25) is 5.15 Å². The van der Waals surface area contributed by atoms with Crippen molar-refractivity contribution < 1.29 is 4.74 Å². The minimum absolute atomic E-state index is 0.519. The lowest BCUT2D eigenvalue weighted by Gasteiger charge is -2.22. The highest BCUT2D eigenvalue weighted by Gasteiger charge is 2.20. The second kappa shape index (κ2) is 4.92. The number of pyridine rings is 1. The third-order valence-electron chi connectivity index (χ3n) is 2.71. The van der Waals surface area contributed by atoms with E-state index in [0.29, 0.717) is 11.2 Å². The second-order valence-corrected chi connectivity index (χ2v) is 4.27. The molecule has 1 unspecified atom stereocenters. The SMILES string of the molecule is CN(Cc1cccc(Cl)n1)C1CCOC1. The van der Waals surface area contributed by atoms with Crippen LogP contribution in [0.1, 0.15) is 12.1 Å². The molecule has 0 spiro atoms. The van der Waals surface area contributed by atoms with E-state index in [1.807, 2.05) is 12.1 Å². The van der Waals surface area contributed by atoms with Gasteiger partial charge in [0.15, 0.2) is 0 Å². The van der Waals surface area contributed by atoms with E-state index in [-0.39, 0.29) is 0 Å². The van der Waals surface area contributed by atoms with E-state index in [1.165, 1.54) is 0 Å². The number of nitrogens with zero attached hydrogens (tertiary/aromatic N) is 2. The molecule has 1 aromatic heterocycles. The van der Waals surface area contributed by atoms with E-state index < -0.39 is 0 Å². The van der Waals surface area contributed by atoms with Crippen LogP contribution in [0.25, 0.3) is 0 Å². The van der Waals surface area contributed by atoms with E-state index in [0.717, 1.165) is 31.9 Å². The minimum Gasteiger partial charge on any atom is -0.380 e. The topological polar surface area (TPSA) is 25.4 Å². The molecule has 1 aliphatic rings. The Kier molecular flexibility index (Phi) is 3.57. The number of likely N-dealkylation sites (N-methyl/N-ethyl adjacent to an activating group) is 1. The van der Waals surface area contributed by atoms with Crippen LogP contribution in [0.4, 0.5) is 0 Å². The molecule has 0 aromatic carbocycles. The van der Waals surface area contributed by atoms with Crippen LogP contribution in [-0.2, 0) is 11.3 Å². The lowest BCUT2D eigenvalue weighted by atomic mass is 10.2. The van der Waals surface area contributed by atoms with Crippen molar-refractivity contribution in [3.05, 3.63) is 29.0 Å². The molecule has 15 heavy (non-hydrogen) atoms. The molecule has 1 aliphatic heterocycles. The van der Waals surface area contributed by atoms with Gasteiger partial charge in [-0.3, -0.25) is 4.90 Å². The lowest BCUT2D eigenvalue weighted by molar-refractivity contribution is 0.156. The Bertz CT molecular complexity index is 326. The molecule has 1 atom stereocenters. The van der Waals surface area contributed by atoms with Gasteiger partial charge in [-0.2, -0.15) is 0 Å². The summed E-state index contributed by atoms with van der Waals surface area (Å²) in [5.41, 5.74) is 1.01. The van der Waals surface area contributed by atoms with E-state index in [2.05, 4.69) is 16.9 Å². The normalized spacial score (nSPS) is 21.1. The van der Waals surface area contributed by atoms with Gasteiger partial charge in [0.1, 0.15) is 5.15 Å².